The summed E-state index contributed by atoms with van der Waals surface area (Å²) in [6.07, 6.45) is 15.1. The fraction of sp³-hybridized carbons (Fsp3) is 0.0952. The van der Waals surface area contributed by atoms with Crippen molar-refractivity contribution in [1.82, 2.24) is 15.3 Å². The molecule has 2 aromatic rings. The van der Waals surface area contributed by atoms with Crippen molar-refractivity contribution in [3.63, 3.8) is 0 Å². The average Bonchev–Trinajstić information content (AvgIpc) is 3.18. The molecule has 3 aliphatic rings. The molecule has 0 bridgehead atoms. The first-order chi connectivity index (χ1) is 12.9. The number of pyridine rings is 1. The van der Waals surface area contributed by atoms with E-state index in [4.69, 9.17) is 4.99 Å². The molecule has 5 rings (SSSR count). The van der Waals surface area contributed by atoms with Crippen molar-refractivity contribution in [2.75, 3.05) is 0 Å². The molecule has 5 heteroatoms. The highest BCUT2D eigenvalue weighted by atomic mass is 15.4. The minimum atomic E-state index is 0.186. The van der Waals surface area contributed by atoms with E-state index in [2.05, 4.69) is 57.0 Å². The molecule has 0 saturated carbocycles. The van der Waals surface area contributed by atoms with Crippen LogP contribution < -0.4 is 5.43 Å². The zero-order valence-corrected chi connectivity index (χ0v) is 14.1. The van der Waals surface area contributed by atoms with E-state index in [9.17, 15) is 0 Å². The van der Waals surface area contributed by atoms with Crippen LogP contribution in [-0.4, -0.2) is 27.9 Å². The largest absolute Gasteiger partial charge is 0.336 e. The minimum absolute atomic E-state index is 0.186. The van der Waals surface area contributed by atoms with Gasteiger partial charge in [-0.3, -0.25) is 5.43 Å². The monoisotopic (exact) mass is 339 g/mol. The lowest BCUT2D eigenvalue weighted by Gasteiger charge is -2.33. The quantitative estimate of drug-likeness (QED) is 0.688. The molecule has 0 fully saturated rings. The van der Waals surface area contributed by atoms with Crippen molar-refractivity contribution in [2.45, 2.75) is 12.5 Å². The van der Waals surface area contributed by atoms with E-state index in [1.807, 2.05) is 36.4 Å². The second-order valence-electron chi connectivity index (χ2n) is 6.32. The zero-order chi connectivity index (χ0) is 17.3. The highest BCUT2D eigenvalue weighted by molar-refractivity contribution is 6.03. The van der Waals surface area contributed by atoms with Crippen molar-refractivity contribution in [3.05, 3.63) is 90.2 Å². The van der Waals surface area contributed by atoms with Crippen molar-refractivity contribution in [3.8, 4) is 0 Å². The van der Waals surface area contributed by atoms with E-state index in [0.717, 1.165) is 40.2 Å². The molecule has 3 heterocycles. The van der Waals surface area contributed by atoms with Crippen molar-refractivity contribution in [1.29, 1.82) is 0 Å². The zero-order valence-electron chi connectivity index (χ0n) is 14.1. The molecule has 1 aliphatic carbocycles. The average molecular weight is 339 g/mol. The summed E-state index contributed by atoms with van der Waals surface area (Å²) in [5.41, 5.74) is 7.04. The topological polar surface area (TPSA) is 52.9 Å². The Balaban J connectivity index is 1.40. The van der Waals surface area contributed by atoms with Gasteiger partial charge in [0.05, 0.1) is 34.9 Å². The van der Waals surface area contributed by atoms with Gasteiger partial charge >= 0.3 is 0 Å². The highest BCUT2D eigenvalue weighted by Crippen LogP contribution is 2.30. The Kier molecular flexibility index (Phi) is 3.49. The van der Waals surface area contributed by atoms with Crippen LogP contribution in [0.5, 0.6) is 0 Å². The summed E-state index contributed by atoms with van der Waals surface area (Å²) in [5, 5.41) is 5.49. The van der Waals surface area contributed by atoms with Crippen LogP contribution in [0, 0.1) is 0 Å². The van der Waals surface area contributed by atoms with Crippen LogP contribution in [0.25, 0.3) is 10.9 Å². The first-order valence-corrected chi connectivity index (χ1v) is 8.65. The van der Waals surface area contributed by atoms with Gasteiger partial charge < -0.3 is 4.90 Å². The van der Waals surface area contributed by atoms with Crippen molar-refractivity contribution in [2.24, 2.45) is 10.1 Å². The van der Waals surface area contributed by atoms with Gasteiger partial charge in [0.1, 0.15) is 0 Å². The normalized spacial score (nSPS) is 20.7. The van der Waals surface area contributed by atoms with Crippen LogP contribution in [0.15, 0.2) is 94.6 Å². The van der Waals surface area contributed by atoms with Gasteiger partial charge in [0, 0.05) is 18.0 Å². The van der Waals surface area contributed by atoms with Crippen molar-refractivity contribution < 1.29 is 0 Å². The molecular weight excluding hydrogens is 322 g/mol. The van der Waals surface area contributed by atoms with E-state index < -0.39 is 0 Å². The smallest absolute Gasteiger partial charge is 0.166 e. The Morgan fingerprint density at radius 3 is 3.12 bits per heavy atom. The Morgan fingerprint density at radius 1 is 1.15 bits per heavy atom. The molecule has 0 radical (unpaired) electrons. The van der Waals surface area contributed by atoms with Crippen LogP contribution in [0.4, 0.5) is 0 Å². The molecule has 1 atom stereocenters. The SMILES string of the molecule is C1=CC2=NC(N/N=C/c3ccc4ccccc4n3)=C3CC=CN3C2C=C1. The van der Waals surface area contributed by atoms with Crippen LogP contribution in [0.1, 0.15) is 12.1 Å². The number of hydrogen-bond acceptors (Lipinski definition) is 5. The maximum absolute atomic E-state index is 4.76. The number of aliphatic imine (C=N–C) groups is 1. The first kappa shape index (κ1) is 14.8. The third-order valence-electron chi connectivity index (χ3n) is 4.66. The Labute approximate surface area is 151 Å². The van der Waals surface area contributed by atoms with Gasteiger partial charge in [0.2, 0.25) is 0 Å². The lowest BCUT2D eigenvalue weighted by Crippen LogP contribution is -2.39. The van der Waals surface area contributed by atoms with E-state index in [1.54, 1.807) is 6.21 Å². The Morgan fingerprint density at radius 2 is 2.12 bits per heavy atom. The van der Waals surface area contributed by atoms with Crippen molar-refractivity contribution >= 4 is 22.8 Å². The fourth-order valence-electron chi connectivity index (χ4n) is 3.41. The molecular formula is C21H17N5. The molecule has 0 saturated heterocycles. The van der Waals surface area contributed by atoms with Crippen LogP contribution >= 0.6 is 0 Å². The molecule has 1 N–H and O–H groups in total. The number of fused-ring (bicyclic) bond motifs is 4. The number of rotatable bonds is 3. The molecule has 1 unspecified atom stereocenters. The molecule has 26 heavy (non-hydrogen) atoms. The lowest BCUT2D eigenvalue weighted by molar-refractivity contribution is 0.454. The van der Waals surface area contributed by atoms with Gasteiger partial charge in [-0.1, -0.05) is 48.6 Å². The van der Waals surface area contributed by atoms with Gasteiger partial charge in [0.15, 0.2) is 5.82 Å². The first-order valence-electron chi connectivity index (χ1n) is 8.65. The Hall–Kier alpha value is -3.47. The number of hydrogen-bond donors (Lipinski definition) is 1. The lowest BCUT2D eigenvalue weighted by atomic mass is 10.0. The van der Waals surface area contributed by atoms with Crippen LogP contribution in [-0.2, 0) is 0 Å². The maximum atomic E-state index is 4.76. The maximum Gasteiger partial charge on any atom is 0.166 e. The third-order valence-corrected chi connectivity index (χ3v) is 4.66. The molecule has 0 spiro atoms. The third kappa shape index (κ3) is 2.54. The molecule has 5 nitrogen and oxygen atoms in total. The number of nitrogens with zero attached hydrogens (tertiary/aromatic N) is 4. The Bertz CT molecular complexity index is 1060. The fourth-order valence-corrected chi connectivity index (χ4v) is 3.41. The van der Waals surface area contributed by atoms with Gasteiger partial charge in [-0.15, -0.1) is 0 Å². The predicted octanol–water partition coefficient (Wildman–Crippen LogP) is 3.50. The number of hydrazone groups is 1. The number of aromatic nitrogens is 1. The van der Waals surface area contributed by atoms with E-state index in [0.29, 0.717) is 0 Å². The highest BCUT2D eigenvalue weighted by Gasteiger charge is 2.30. The number of allylic oxidation sites excluding steroid dienone is 3. The van der Waals surface area contributed by atoms with Gasteiger partial charge in [-0.2, -0.15) is 5.10 Å². The molecule has 126 valence electrons. The summed E-state index contributed by atoms with van der Waals surface area (Å²) in [6.45, 7) is 0. The van der Waals surface area contributed by atoms with Gasteiger partial charge in [0.25, 0.3) is 0 Å². The standard InChI is InChI=1S/C21H17N5/c1-2-7-17-15(6-1)11-12-16(23-17)14-22-25-21-20-10-5-13-26(20)19-9-4-3-8-18(19)24-21/h1-9,11-14,19,25H,10H2/b22-14+. The predicted molar refractivity (Wildman–Crippen MR) is 105 cm³/mol. The summed E-state index contributed by atoms with van der Waals surface area (Å²) in [4.78, 5) is 11.6. The van der Waals surface area contributed by atoms with Crippen LogP contribution in [0.3, 0.4) is 0 Å². The molecule has 0 amide bonds. The number of benzene rings is 1. The second kappa shape index (κ2) is 6.11. The summed E-state index contributed by atoms with van der Waals surface area (Å²) in [5.74, 6) is 0.790. The van der Waals surface area contributed by atoms with E-state index in [1.165, 1.54) is 0 Å². The number of para-hydroxylation sites is 1. The summed E-state index contributed by atoms with van der Waals surface area (Å²) < 4.78 is 0. The van der Waals surface area contributed by atoms with Gasteiger partial charge in [-0.05, 0) is 18.2 Å². The van der Waals surface area contributed by atoms with Crippen LogP contribution in [0.2, 0.25) is 0 Å². The second-order valence-corrected chi connectivity index (χ2v) is 6.32. The van der Waals surface area contributed by atoms with E-state index in [-0.39, 0.29) is 6.04 Å². The summed E-state index contributed by atoms with van der Waals surface area (Å²) in [6, 6.07) is 12.3. The molecule has 1 aromatic heterocycles. The summed E-state index contributed by atoms with van der Waals surface area (Å²) in [7, 11) is 0. The van der Waals surface area contributed by atoms with Gasteiger partial charge in [-0.25, -0.2) is 9.98 Å². The minimum Gasteiger partial charge on any atom is -0.336 e. The van der Waals surface area contributed by atoms with E-state index >= 15 is 0 Å². The molecule has 1 aromatic carbocycles. The summed E-state index contributed by atoms with van der Waals surface area (Å²) >= 11 is 0. The molecule has 2 aliphatic heterocycles. The number of nitrogens with one attached hydrogen (secondary N) is 1.